The Balaban J connectivity index is 0.000000368. The summed E-state index contributed by atoms with van der Waals surface area (Å²) in [6, 6.07) is 37.7. The zero-order chi connectivity index (χ0) is 100. The number of hydrogen-bond acceptors (Lipinski definition) is 18. The van der Waals surface area contributed by atoms with E-state index < -0.39 is 120 Å². The molecular weight excluding hydrogens is 2100 g/mol. The van der Waals surface area contributed by atoms with Gasteiger partial charge < -0.3 is 24.3 Å². The van der Waals surface area contributed by atoms with E-state index in [2.05, 4.69) is 169 Å². The van der Waals surface area contributed by atoms with Crippen molar-refractivity contribution in [3.63, 3.8) is 0 Å². The van der Waals surface area contributed by atoms with Crippen LogP contribution in [0.3, 0.4) is 0 Å². The first-order valence-electron chi connectivity index (χ1n) is 41.3. The van der Waals surface area contributed by atoms with Crippen molar-refractivity contribution in [2.75, 3.05) is 10.5 Å². The van der Waals surface area contributed by atoms with Gasteiger partial charge in [-0.1, -0.05) is 132 Å². The van der Waals surface area contributed by atoms with Gasteiger partial charge in [0.05, 0.1) is 64.7 Å². The Morgan fingerprint density at radius 3 is 1.19 bits per heavy atom. The highest BCUT2D eigenvalue weighted by molar-refractivity contribution is 9.10. The maximum absolute atomic E-state index is 12.9. The molecule has 10 aromatic heterocycles. The number of alkyl halides is 12. The standard InChI is InChI=1S/C30H36F3N3O3SSi.C21H16F3N3O2S.C17H26N2OSi.C12H8BrF3N2O2S.C7H4ClF3O2S.C5H5BrN2.5CH4/c1-19(2)41(20(3)4,21(5)6)36-17-27(26-8-7-15-34-29(26)36)28(37)22-9-12-24(35-16-22)18-40(38,39)25-13-10-23(11-14-25)30(31,32)33;22-21(23,24)16-4-7-18(8-5-16)30(28,29)13-17-6-3-14(11-26-17)10-15-12-27-20-19(15)2-1-9-25-20;1-12(2)21(13(3)4,14(5)6)19-10-15(11-20)16-8-7-9-18-17(16)19;13-9-3-6-11(17-7-9)18-21(19,20)10-4-1-8(2-5-10)12(14,15)16;8-14(12,13)6-3-1-5(2-4-6)7(9,10)11;6-4-1-2-5(7)8-3-4;;;;;/h7-17,19-21,28,37H,18H2,1-6H3;1-9,11-12H,10,13H2,(H,25,27);7-14H,1-6H3;1-7H,(H,17,18);1-4H;1-3H,(H2,7,8);5*1H4. The summed E-state index contributed by atoms with van der Waals surface area (Å²) in [6.07, 6.45) is -0.142. The van der Waals surface area contributed by atoms with Gasteiger partial charge in [-0.2, -0.15) is 52.7 Å². The van der Waals surface area contributed by atoms with Crippen molar-refractivity contribution in [3.8, 4) is 0 Å². The van der Waals surface area contributed by atoms with E-state index >= 15 is 0 Å². The number of carbonyl (C=O) groups is 1. The van der Waals surface area contributed by atoms with Crippen molar-refractivity contribution < 1.29 is 96.3 Å². The van der Waals surface area contributed by atoms with Gasteiger partial charge in [0.1, 0.15) is 34.7 Å². The fourth-order valence-corrected chi connectivity index (χ4v) is 34.5. The minimum atomic E-state index is -4.55. The lowest BCUT2D eigenvalue weighted by Gasteiger charge is -2.44. The molecule has 0 saturated heterocycles. The van der Waals surface area contributed by atoms with Crippen LogP contribution in [0, 0.1) is 0 Å². The zero-order valence-corrected chi connectivity index (χ0v) is 83.6. The number of sulfonamides is 1. The number of nitrogen functional groups attached to an aromatic ring is 1. The summed E-state index contributed by atoms with van der Waals surface area (Å²) in [4.78, 5) is 43.2. The van der Waals surface area contributed by atoms with Crippen molar-refractivity contribution in [3.05, 3.63) is 314 Å². The third-order valence-electron chi connectivity index (χ3n) is 22.4. The average molecular weight is 2220 g/mol. The van der Waals surface area contributed by atoms with E-state index in [1.54, 1.807) is 55.1 Å². The number of aldehydes is 1. The lowest BCUT2D eigenvalue weighted by molar-refractivity contribution is -0.138. The molecule has 0 saturated carbocycles. The van der Waals surface area contributed by atoms with Gasteiger partial charge in [0.15, 0.2) is 42.4 Å². The fraction of sp³-hybridized carbons (Fsp3) is 0.320. The summed E-state index contributed by atoms with van der Waals surface area (Å²) < 4.78 is 255. The van der Waals surface area contributed by atoms with Crippen LogP contribution >= 0.6 is 42.5 Å². The number of aliphatic hydroxyl groups is 1. The van der Waals surface area contributed by atoms with Crippen LogP contribution in [0.1, 0.15) is 193 Å². The molecule has 4 aromatic carbocycles. The number of aromatic nitrogens is 10. The van der Waals surface area contributed by atoms with Gasteiger partial charge >= 0.3 is 24.7 Å². The number of pyridine rings is 7. The van der Waals surface area contributed by atoms with Gasteiger partial charge in [0, 0.05) is 121 Å². The van der Waals surface area contributed by atoms with Gasteiger partial charge in [-0.15, -0.1) is 0 Å². The maximum Gasteiger partial charge on any atom is 0.416 e. The lowest BCUT2D eigenvalue weighted by atomic mass is 10.0. The summed E-state index contributed by atoms with van der Waals surface area (Å²) in [7, 11) is -14.8. The topological polar surface area (TPSA) is 328 Å². The van der Waals surface area contributed by atoms with Crippen LogP contribution in [-0.2, 0) is 81.4 Å². The van der Waals surface area contributed by atoms with Gasteiger partial charge in [-0.05, 0) is 246 Å². The molecule has 0 aliphatic rings. The Kier molecular flexibility index (Phi) is 43.4. The molecule has 10 heterocycles. The Morgan fingerprint density at radius 1 is 0.443 bits per heavy atom. The first kappa shape index (κ1) is 122. The van der Waals surface area contributed by atoms with Crippen molar-refractivity contribution in [1.29, 1.82) is 0 Å². The number of benzene rings is 4. The van der Waals surface area contributed by atoms with Crippen LogP contribution in [0.15, 0.2) is 272 Å². The molecule has 22 nitrogen and oxygen atoms in total. The van der Waals surface area contributed by atoms with Crippen LogP contribution < -0.4 is 10.5 Å². The molecule has 0 aliphatic carbocycles. The van der Waals surface area contributed by atoms with Crippen LogP contribution in [-0.4, -0.2) is 110 Å². The number of hydrogen-bond donors (Lipinski definition) is 4. The molecule has 0 fully saturated rings. The normalized spacial score (nSPS) is 12.3. The Hall–Kier alpha value is -10.6. The summed E-state index contributed by atoms with van der Waals surface area (Å²) in [5, 5.41) is 14.3. The monoisotopic (exact) mass is 2210 g/mol. The van der Waals surface area contributed by atoms with E-state index in [4.69, 9.17) is 21.4 Å². The maximum atomic E-state index is 12.9. The number of nitrogens with zero attached hydrogens (tertiary/aromatic N) is 9. The van der Waals surface area contributed by atoms with E-state index in [1.807, 2.05) is 61.1 Å². The number of aliphatic hydroxyl groups excluding tert-OH is 1. The minimum absolute atomic E-state index is 0. The number of carbonyl (C=O) groups excluding carboxylic acids is 1. The first-order valence-corrected chi connectivity index (χ1v) is 54.4. The van der Waals surface area contributed by atoms with Crippen molar-refractivity contribution in [1.82, 2.24) is 48.3 Å². The number of sulfone groups is 2. The highest BCUT2D eigenvalue weighted by atomic mass is 79.9. The quantitative estimate of drug-likeness (QED) is 0.0200. The number of halogens is 15. The second kappa shape index (κ2) is 49.9. The number of fused-ring (bicyclic) bond motifs is 3. The number of nitrogens with one attached hydrogen (secondary N) is 2. The summed E-state index contributed by atoms with van der Waals surface area (Å²) >= 11 is 6.38. The first-order chi connectivity index (χ1) is 62.9. The second-order valence-electron chi connectivity index (χ2n) is 32.9. The molecule has 0 bridgehead atoms. The highest BCUT2D eigenvalue weighted by Gasteiger charge is 2.48. The van der Waals surface area contributed by atoms with E-state index in [-0.39, 0.29) is 68.2 Å². The van der Waals surface area contributed by atoms with Crippen molar-refractivity contribution in [2.24, 2.45) is 0 Å². The van der Waals surface area contributed by atoms with Gasteiger partial charge in [-0.25, -0.2) is 58.6 Å². The fourth-order valence-electron chi connectivity index (χ4n) is 16.5. The van der Waals surface area contributed by atoms with Crippen molar-refractivity contribution in [2.45, 2.75) is 222 Å². The molecular formula is C97H115Br2ClF12N12O10S4Si2. The third kappa shape index (κ3) is 30.0. The molecule has 43 heteroatoms. The molecule has 140 heavy (non-hydrogen) atoms. The van der Waals surface area contributed by atoms with Gasteiger partial charge in [0.25, 0.3) is 19.1 Å². The molecule has 5 N–H and O–H groups in total. The van der Waals surface area contributed by atoms with Crippen LogP contribution in [0.4, 0.5) is 64.3 Å². The van der Waals surface area contributed by atoms with E-state index in [1.165, 1.54) is 24.5 Å². The summed E-state index contributed by atoms with van der Waals surface area (Å²) in [5.74, 6) is -0.259. The molecule has 760 valence electrons. The second-order valence-corrected chi connectivity index (χ2v) is 54.4. The highest BCUT2D eigenvalue weighted by Crippen LogP contribution is 2.48. The third-order valence-corrected chi connectivity index (χ3v) is 42.9. The average Bonchev–Trinajstić information content (AvgIpc) is 1.58. The van der Waals surface area contributed by atoms with Crippen LogP contribution in [0.2, 0.25) is 33.2 Å². The van der Waals surface area contributed by atoms with Crippen molar-refractivity contribution >= 4 is 149 Å². The van der Waals surface area contributed by atoms with Gasteiger partial charge in [0.2, 0.25) is 0 Å². The Morgan fingerprint density at radius 2 is 0.821 bits per heavy atom. The predicted molar refractivity (Wildman–Crippen MR) is 543 cm³/mol. The number of nitrogens with two attached hydrogens (primary N) is 1. The molecule has 14 rings (SSSR count). The summed E-state index contributed by atoms with van der Waals surface area (Å²) in [5.41, 5.74) is 11.7. The largest absolute Gasteiger partial charge is 0.416 e. The number of H-pyrrole nitrogens is 1. The van der Waals surface area contributed by atoms with Crippen LogP contribution in [0.25, 0.3) is 33.1 Å². The lowest BCUT2D eigenvalue weighted by Crippen LogP contribution is -2.51. The van der Waals surface area contributed by atoms with Gasteiger partial charge in [-0.3, -0.25) is 19.5 Å². The van der Waals surface area contributed by atoms with Crippen LogP contribution in [0.5, 0.6) is 0 Å². The Labute approximate surface area is 833 Å². The molecule has 0 amide bonds. The summed E-state index contributed by atoms with van der Waals surface area (Å²) in [6.45, 7) is 27.5. The van der Waals surface area contributed by atoms with E-state index in [9.17, 15) is 96.3 Å². The molecule has 1 atom stereocenters. The number of aromatic amines is 1. The van der Waals surface area contributed by atoms with E-state index in [0.717, 1.165) is 133 Å². The Bertz CT molecular complexity index is 6800. The molecule has 14 aromatic rings. The zero-order valence-electron chi connectivity index (χ0n) is 74.4. The van der Waals surface area contributed by atoms with E-state index in [0.29, 0.717) is 91.0 Å². The predicted octanol–water partition coefficient (Wildman–Crippen LogP) is 27.8. The molecule has 1 unspecified atom stereocenters. The number of rotatable bonds is 23. The number of anilines is 2. The molecule has 0 aliphatic heterocycles. The molecule has 0 spiro atoms. The smallest absolute Gasteiger partial charge is 0.384 e. The minimum Gasteiger partial charge on any atom is -0.384 e. The molecule has 0 radical (unpaired) electrons. The SMILES string of the molecule is C.C.C.C.C.CC(C)[Si](C(C)C)(C(C)C)n1cc(C(O)c2ccc(CS(=O)(=O)c3ccc(C(F)(F)F)cc3)nc2)c2cccnc21.CC(C)[Si](C(C)C)(C(C)C)n1cc(C=O)c2cccnc21.Nc1ccc(Br)cn1.O=S(=O)(Cc1ccc(Cc2c[nH]c3ncccc23)cn1)c1ccc(C(F)(F)F)cc1.O=S(=O)(Cl)c1ccc(C(F)(F)F)cc1.O=S(=O)(Nc1ccc(Br)cn1)c1ccc(C(F)(F)F)cc1.